The third-order valence-corrected chi connectivity index (χ3v) is 5.61. The summed E-state index contributed by atoms with van der Waals surface area (Å²) >= 11 is 0. The fourth-order valence-corrected chi connectivity index (χ4v) is 3.85. The van der Waals surface area contributed by atoms with Crippen LogP contribution in [0.25, 0.3) is 0 Å². The lowest BCUT2D eigenvalue weighted by molar-refractivity contribution is -0.170. The molecule has 0 saturated carbocycles. The molecular formula is C26H31F3N2O5. The van der Waals surface area contributed by atoms with Crippen LogP contribution in [0.1, 0.15) is 44.7 Å². The second-order valence-corrected chi connectivity index (χ2v) is 9.60. The molecule has 1 aliphatic heterocycles. The summed E-state index contributed by atoms with van der Waals surface area (Å²) in [6.45, 7) is 5.41. The summed E-state index contributed by atoms with van der Waals surface area (Å²) in [7, 11) is 0. The van der Waals surface area contributed by atoms with Gasteiger partial charge in [-0.15, -0.1) is 0 Å². The fraction of sp³-hybridized carbons (Fsp3) is 0.462. The summed E-state index contributed by atoms with van der Waals surface area (Å²) in [6, 6.07) is 13.7. The van der Waals surface area contributed by atoms with Crippen LogP contribution < -0.4 is 15.4 Å². The summed E-state index contributed by atoms with van der Waals surface area (Å²) in [5, 5.41) is 4.21. The summed E-state index contributed by atoms with van der Waals surface area (Å²) in [5.41, 5.74) is -0.523. The van der Waals surface area contributed by atoms with E-state index in [1.165, 1.54) is 20.8 Å². The molecule has 10 heteroatoms. The van der Waals surface area contributed by atoms with Crippen molar-refractivity contribution in [1.29, 1.82) is 0 Å². The molecule has 2 N–H and O–H groups in total. The highest BCUT2D eigenvalue weighted by Crippen LogP contribution is 2.34. The average molecular weight is 509 g/mol. The summed E-state index contributed by atoms with van der Waals surface area (Å²) in [5.74, 6) is -0.796. The molecule has 0 aliphatic carbocycles. The number of alkyl carbamates (subject to hydrolysis) is 1. The predicted molar refractivity (Wildman–Crippen MR) is 126 cm³/mol. The van der Waals surface area contributed by atoms with Crippen LogP contribution in [-0.2, 0) is 26.4 Å². The van der Waals surface area contributed by atoms with Crippen LogP contribution in [0, 0.1) is 0 Å². The Morgan fingerprint density at radius 1 is 1.00 bits per heavy atom. The van der Waals surface area contributed by atoms with Gasteiger partial charge in [-0.1, -0.05) is 42.5 Å². The number of rotatable bonds is 7. The Morgan fingerprint density at radius 2 is 1.61 bits per heavy atom. The van der Waals surface area contributed by atoms with Crippen molar-refractivity contribution >= 4 is 12.0 Å². The summed E-state index contributed by atoms with van der Waals surface area (Å²) < 4.78 is 57.4. The van der Waals surface area contributed by atoms with Crippen molar-refractivity contribution < 1.29 is 37.0 Å². The molecule has 7 nitrogen and oxygen atoms in total. The number of carbonyl (C=O) groups excluding carboxylic acids is 2. The molecule has 0 bridgehead atoms. The zero-order chi connectivity index (χ0) is 26.4. The molecule has 0 spiro atoms. The van der Waals surface area contributed by atoms with Crippen LogP contribution in [0.2, 0.25) is 0 Å². The third kappa shape index (κ3) is 7.61. The van der Waals surface area contributed by atoms with Gasteiger partial charge in [-0.3, -0.25) is 4.79 Å². The maximum Gasteiger partial charge on any atom is 0.417 e. The molecule has 1 aliphatic rings. The molecule has 2 aromatic carbocycles. The topological polar surface area (TPSA) is 85.9 Å². The largest absolute Gasteiger partial charge is 0.489 e. The molecule has 1 atom stereocenters. The second kappa shape index (κ2) is 11.2. The number of hydrogen-bond acceptors (Lipinski definition) is 5. The molecule has 1 unspecified atom stereocenters. The van der Waals surface area contributed by atoms with Crippen molar-refractivity contribution in [1.82, 2.24) is 10.6 Å². The lowest BCUT2D eigenvalue weighted by atomic mass is 9.82. The van der Waals surface area contributed by atoms with Gasteiger partial charge in [0.1, 0.15) is 18.0 Å². The van der Waals surface area contributed by atoms with E-state index in [0.717, 1.165) is 5.56 Å². The van der Waals surface area contributed by atoms with Crippen molar-refractivity contribution in [3.05, 3.63) is 65.7 Å². The molecule has 0 radical (unpaired) electrons. The quantitative estimate of drug-likeness (QED) is 0.559. The summed E-state index contributed by atoms with van der Waals surface area (Å²) in [6.07, 6.45) is -5.83. The number of carbonyl (C=O) groups is 2. The zero-order valence-corrected chi connectivity index (χ0v) is 20.5. The molecular weight excluding hydrogens is 477 g/mol. The van der Waals surface area contributed by atoms with Gasteiger partial charge in [0.2, 0.25) is 6.04 Å². The highest BCUT2D eigenvalue weighted by atomic mass is 19.4. The van der Waals surface area contributed by atoms with Gasteiger partial charge in [-0.25, -0.2) is 4.79 Å². The Morgan fingerprint density at radius 3 is 2.17 bits per heavy atom. The van der Waals surface area contributed by atoms with E-state index in [4.69, 9.17) is 14.2 Å². The number of amides is 2. The van der Waals surface area contributed by atoms with E-state index >= 15 is 0 Å². The number of hydrogen-bond donors (Lipinski definition) is 2. The maximum atomic E-state index is 13.8. The van der Waals surface area contributed by atoms with Crippen LogP contribution >= 0.6 is 0 Å². The Labute approximate surface area is 208 Å². The molecule has 1 fully saturated rings. The van der Waals surface area contributed by atoms with Crippen LogP contribution in [-0.4, -0.2) is 43.0 Å². The monoisotopic (exact) mass is 508 g/mol. The molecule has 1 saturated heterocycles. The first-order chi connectivity index (χ1) is 16.9. The Hall–Kier alpha value is -3.27. The van der Waals surface area contributed by atoms with Crippen molar-refractivity contribution in [3.8, 4) is 5.75 Å². The van der Waals surface area contributed by atoms with Crippen molar-refractivity contribution in [2.45, 2.75) is 63.6 Å². The van der Waals surface area contributed by atoms with Gasteiger partial charge in [0, 0.05) is 13.2 Å². The molecule has 2 aromatic rings. The van der Waals surface area contributed by atoms with Crippen LogP contribution in [0.5, 0.6) is 5.75 Å². The number of halogens is 3. The highest BCUT2D eigenvalue weighted by molar-refractivity contribution is 5.87. The summed E-state index contributed by atoms with van der Waals surface area (Å²) in [4.78, 5) is 24.9. The van der Waals surface area contributed by atoms with Crippen molar-refractivity contribution in [3.63, 3.8) is 0 Å². The minimum atomic E-state index is -5.03. The van der Waals surface area contributed by atoms with Crippen molar-refractivity contribution in [2.24, 2.45) is 0 Å². The lowest BCUT2D eigenvalue weighted by Crippen LogP contribution is -2.60. The first-order valence-electron chi connectivity index (χ1n) is 11.6. The predicted octanol–water partition coefficient (Wildman–Crippen LogP) is 4.84. The molecule has 2 amide bonds. The maximum absolute atomic E-state index is 13.8. The molecule has 3 rings (SSSR count). The SMILES string of the molecule is CC(C)(C)OC(=O)NC(C(=O)NC1(c2ccc(OCc3ccccc3)cc2)CCOCC1)C(F)(F)F. The van der Waals surface area contributed by atoms with Gasteiger partial charge >= 0.3 is 12.3 Å². The van der Waals surface area contributed by atoms with Gasteiger partial charge in [0.05, 0.1) is 5.54 Å². The van der Waals surface area contributed by atoms with E-state index in [9.17, 15) is 22.8 Å². The molecule has 36 heavy (non-hydrogen) atoms. The Balaban J connectivity index is 1.76. The van der Waals surface area contributed by atoms with Gasteiger partial charge < -0.3 is 24.8 Å². The third-order valence-electron chi connectivity index (χ3n) is 5.61. The molecule has 196 valence electrons. The second-order valence-electron chi connectivity index (χ2n) is 9.60. The number of alkyl halides is 3. The fourth-order valence-electron chi connectivity index (χ4n) is 3.85. The van der Waals surface area contributed by atoms with E-state index in [-0.39, 0.29) is 26.1 Å². The van der Waals surface area contributed by atoms with E-state index < -0.39 is 35.4 Å². The van der Waals surface area contributed by atoms with Crippen LogP contribution in [0.15, 0.2) is 54.6 Å². The minimum absolute atomic E-state index is 0.253. The molecule has 0 aromatic heterocycles. The van der Waals surface area contributed by atoms with Crippen molar-refractivity contribution in [2.75, 3.05) is 13.2 Å². The van der Waals surface area contributed by atoms with Gasteiger partial charge in [0.25, 0.3) is 5.91 Å². The van der Waals surface area contributed by atoms with Gasteiger partial charge in [0.15, 0.2) is 0 Å². The number of nitrogens with one attached hydrogen (secondary N) is 2. The lowest BCUT2D eigenvalue weighted by Gasteiger charge is -2.39. The normalized spacial score (nSPS) is 16.5. The first-order valence-corrected chi connectivity index (χ1v) is 11.6. The Bertz CT molecular complexity index is 1010. The average Bonchev–Trinajstić information content (AvgIpc) is 2.81. The minimum Gasteiger partial charge on any atom is -0.489 e. The van der Waals surface area contributed by atoms with E-state index in [2.05, 4.69) is 5.32 Å². The van der Waals surface area contributed by atoms with E-state index in [0.29, 0.717) is 17.9 Å². The highest BCUT2D eigenvalue weighted by Gasteiger charge is 2.49. The van der Waals surface area contributed by atoms with Crippen LogP contribution in [0.3, 0.4) is 0 Å². The van der Waals surface area contributed by atoms with E-state index in [1.807, 2.05) is 30.3 Å². The zero-order valence-electron chi connectivity index (χ0n) is 20.5. The molecule has 1 heterocycles. The standard InChI is InChI=1S/C26H31F3N2O5/c1-24(2,3)36-23(33)30-21(26(27,28)29)22(32)31-25(13-15-34-16-14-25)19-9-11-20(12-10-19)35-17-18-7-5-4-6-8-18/h4-12,21H,13-17H2,1-3H3,(H,30,33)(H,31,32). The number of ether oxygens (including phenoxy) is 3. The van der Waals surface area contributed by atoms with E-state index in [1.54, 1.807) is 29.6 Å². The first kappa shape index (κ1) is 27.3. The number of benzene rings is 2. The van der Waals surface area contributed by atoms with Gasteiger partial charge in [-0.05, 0) is 56.9 Å². The Kier molecular flexibility index (Phi) is 8.50. The smallest absolute Gasteiger partial charge is 0.417 e. The van der Waals surface area contributed by atoms with Gasteiger partial charge in [-0.2, -0.15) is 13.2 Å². The van der Waals surface area contributed by atoms with Crippen LogP contribution in [0.4, 0.5) is 18.0 Å².